The van der Waals surface area contributed by atoms with Gasteiger partial charge in [0.25, 0.3) is 0 Å². The van der Waals surface area contributed by atoms with Crippen LogP contribution < -0.4 is 10.5 Å². The van der Waals surface area contributed by atoms with Crippen LogP contribution in [-0.4, -0.2) is 39.5 Å². The van der Waals surface area contributed by atoms with Crippen LogP contribution >= 0.6 is 0 Å². The first-order valence-corrected chi connectivity index (χ1v) is 7.84. The zero-order chi connectivity index (χ0) is 13.1. The standard InChI is InChI=1S/C11H24N2O3S/c1-4-16-10-8-9(11(10,2)3)13-6-5-7-17(12,14)15/h9-10,13H,4-8H2,1-3H3,(H2,12,14,15). The molecule has 0 spiro atoms. The zero-order valence-electron chi connectivity index (χ0n) is 10.9. The van der Waals surface area contributed by atoms with Crippen LogP contribution in [0.5, 0.6) is 0 Å². The molecule has 2 atom stereocenters. The van der Waals surface area contributed by atoms with Crippen LogP contribution in [0.2, 0.25) is 0 Å². The van der Waals surface area contributed by atoms with Crippen molar-refractivity contribution in [3.63, 3.8) is 0 Å². The molecule has 5 nitrogen and oxygen atoms in total. The van der Waals surface area contributed by atoms with Gasteiger partial charge >= 0.3 is 0 Å². The Morgan fingerprint density at radius 3 is 2.59 bits per heavy atom. The van der Waals surface area contributed by atoms with Gasteiger partial charge in [-0.15, -0.1) is 0 Å². The van der Waals surface area contributed by atoms with Gasteiger partial charge in [0.05, 0.1) is 11.9 Å². The Hall–Kier alpha value is -0.170. The lowest BCUT2D eigenvalue weighted by atomic mass is 9.64. The molecule has 0 aromatic carbocycles. The van der Waals surface area contributed by atoms with Crippen molar-refractivity contribution >= 4 is 10.0 Å². The molecule has 0 amide bonds. The Balaban J connectivity index is 2.22. The predicted octanol–water partition coefficient (Wildman–Crippen LogP) is 0.458. The summed E-state index contributed by atoms with van der Waals surface area (Å²) in [4.78, 5) is 0. The van der Waals surface area contributed by atoms with Crippen molar-refractivity contribution in [3.8, 4) is 0 Å². The Morgan fingerprint density at radius 2 is 2.12 bits per heavy atom. The highest BCUT2D eigenvalue weighted by molar-refractivity contribution is 7.89. The molecule has 2 unspecified atom stereocenters. The summed E-state index contributed by atoms with van der Waals surface area (Å²) in [5, 5.41) is 8.31. The van der Waals surface area contributed by atoms with Crippen LogP contribution in [0.15, 0.2) is 0 Å². The van der Waals surface area contributed by atoms with E-state index in [1.165, 1.54) is 0 Å². The van der Waals surface area contributed by atoms with Gasteiger partial charge in [0.2, 0.25) is 10.0 Å². The van der Waals surface area contributed by atoms with Crippen LogP contribution in [0.3, 0.4) is 0 Å². The molecule has 0 aromatic heterocycles. The summed E-state index contributed by atoms with van der Waals surface area (Å²) in [6.45, 7) is 7.78. The van der Waals surface area contributed by atoms with Crippen molar-refractivity contribution in [2.75, 3.05) is 18.9 Å². The normalized spacial score (nSPS) is 27.8. The van der Waals surface area contributed by atoms with Crippen molar-refractivity contribution in [1.82, 2.24) is 5.32 Å². The summed E-state index contributed by atoms with van der Waals surface area (Å²) in [7, 11) is -3.32. The van der Waals surface area contributed by atoms with Gasteiger partial charge in [-0.2, -0.15) is 0 Å². The van der Waals surface area contributed by atoms with E-state index in [-0.39, 0.29) is 11.2 Å². The topological polar surface area (TPSA) is 81.4 Å². The van der Waals surface area contributed by atoms with Crippen LogP contribution in [-0.2, 0) is 14.8 Å². The average molecular weight is 264 g/mol. The molecule has 6 heteroatoms. The second-order valence-electron chi connectivity index (χ2n) is 5.23. The van der Waals surface area contributed by atoms with Crippen LogP contribution in [0.1, 0.15) is 33.6 Å². The number of hydrogen-bond acceptors (Lipinski definition) is 4. The highest BCUT2D eigenvalue weighted by Crippen LogP contribution is 2.42. The third-order valence-corrected chi connectivity index (χ3v) is 4.40. The summed E-state index contributed by atoms with van der Waals surface area (Å²) in [5.41, 5.74) is 0.123. The molecule has 1 rings (SSSR count). The van der Waals surface area contributed by atoms with Gasteiger partial charge in [-0.3, -0.25) is 0 Å². The van der Waals surface area contributed by atoms with Crippen molar-refractivity contribution in [2.45, 2.75) is 45.8 Å². The van der Waals surface area contributed by atoms with Gasteiger partial charge < -0.3 is 10.1 Å². The summed E-state index contributed by atoms with van der Waals surface area (Å²) in [6.07, 6.45) is 1.87. The maximum atomic E-state index is 10.8. The quantitative estimate of drug-likeness (QED) is 0.655. The Bertz CT molecular complexity index is 341. The minimum Gasteiger partial charge on any atom is -0.378 e. The number of ether oxygens (including phenoxy) is 1. The van der Waals surface area contributed by atoms with Crippen LogP contribution in [0.4, 0.5) is 0 Å². The molecule has 3 N–H and O–H groups in total. The van der Waals surface area contributed by atoms with Crippen molar-refractivity contribution < 1.29 is 13.2 Å². The lowest BCUT2D eigenvalue weighted by Gasteiger charge is -2.52. The van der Waals surface area contributed by atoms with E-state index in [0.29, 0.717) is 25.1 Å². The van der Waals surface area contributed by atoms with E-state index in [1.54, 1.807) is 0 Å². The minimum absolute atomic E-state index is 0.0437. The fourth-order valence-electron chi connectivity index (χ4n) is 2.27. The molecule has 0 bridgehead atoms. The molecule has 0 aromatic rings. The first kappa shape index (κ1) is 14.9. The maximum absolute atomic E-state index is 10.8. The van der Waals surface area contributed by atoms with E-state index in [0.717, 1.165) is 13.0 Å². The lowest BCUT2D eigenvalue weighted by Crippen LogP contribution is -2.61. The molecule has 1 aliphatic rings. The molecule has 0 saturated heterocycles. The monoisotopic (exact) mass is 264 g/mol. The third-order valence-electron chi connectivity index (χ3n) is 3.54. The first-order chi connectivity index (χ1) is 7.77. The number of nitrogens with one attached hydrogen (secondary N) is 1. The van der Waals surface area contributed by atoms with E-state index in [2.05, 4.69) is 19.2 Å². The van der Waals surface area contributed by atoms with E-state index in [1.807, 2.05) is 6.92 Å². The highest BCUT2D eigenvalue weighted by atomic mass is 32.2. The lowest BCUT2D eigenvalue weighted by molar-refractivity contribution is -0.113. The number of primary sulfonamides is 1. The second-order valence-corrected chi connectivity index (χ2v) is 6.96. The molecule has 1 aliphatic carbocycles. The molecular weight excluding hydrogens is 240 g/mol. The molecule has 1 saturated carbocycles. The number of nitrogens with two attached hydrogens (primary N) is 1. The smallest absolute Gasteiger partial charge is 0.209 e. The van der Waals surface area contributed by atoms with E-state index < -0.39 is 10.0 Å². The van der Waals surface area contributed by atoms with Crippen molar-refractivity contribution in [3.05, 3.63) is 0 Å². The number of sulfonamides is 1. The van der Waals surface area contributed by atoms with Crippen LogP contribution in [0.25, 0.3) is 0 Å². The van der Waals surface area contributed by atoms with Crippen LogP contribution in [0, 0.1) is 5.41 Å². The van der Waals surface area contributed by atoms with Gasteiger partial charge in [-0.05, 0) is 26.3 Å². The molecule has 0 aliphatic heterocycles. The summed E-state index contributed by atoms with van der Waals surface area (Å²) >= 11 is 0. The molecule has 1 fully saturated rings. The Kier molecular flexibility index (Phi) is 4.95. The van der Waals surface area contributed by atoms with Gasteiger partial charge in [-0.1, -0.05) is 13.8 Å². The average Bonchev–Trinajstić information content (AvgIpc) is 2.19. The second kappa shape index (κ2) is 5.65. The molecule has 0 radical (unpaired) electrons. The van der Waals surface area contributed by atoms with Gasteiger partial charge in [0.15, 0.2) is 0 Å². The summed E-state index contributed by atoms with van der Waals surface area (Å²) < 4.78 is 27.1. The molecular formula is C11H24N2O3S. The third kappa shape index (κ3) is 4.21. The fraction of sp³-hybridized carbons (Fsp3) is 1.00. The SMILES string of the molecule is CCOC1CC(NCCCS(N)(=O)=O)C1(C)C. The number of rotatable bonds is 7. The Morgan fingerprint density at radius 1 is 1.47 bits per heavy atom. The number of hydrogen-bond donors (Lipinski definition) is 2. The maximum Gasteiger partial charge on any atom is 0.209 e. The fourth-order valence-corrected chi connectivity index (χ4v) is 2.81. The molecule has 102 valence electrons. The zero-order valence-corrected chi connectivity index (χ0v) is 11.7. The van der Waals surface area contributed by atoms with Gasteiger partial charge in [-0.25, -0.2) is 13.6 Å². The van der Waals surface area contributed by atoms with Crippen molar-refractivity contribution in [2.24, 2.45) is 10.6 Å². The first-order valence-electron chi connectivity index (χ1n) is 6.13. The largest absolute Gasteiger partial charge is 0.378 e. The van der Waals surface area contributed by atoms with E-state index >= 15 is 0 Å². The van der Waals surface area contributed by atoms with E-state index in [9.17, 15) is 8.42 Å². The van der Waals surface area contributed by atoms with Gasteiger partial charge in [0.1, 0.15) is 0 Å². The summed E-state index contributed by atoms with van der Waals surface area (Å²) in [6, 6.07) is 0.402. The summed E-state index contributed by atoms with van der Waals surface area (Å²) in [5.74, 6) is 0.0437. The highest BCUT2D eigenvalue weighted by Gasteiger charge is 2.48. The van der Waals surface area contributed by atoms with Gasteiger partial charge in [0, 0.05) is 18.1 Å². The molecule has 0 heterocycles. The molecule has 17 heavy (non-hydrogen) atoms. The van der Waals surface area contributed by atoms with E-state index in [4.69, 9.17) is 9.88 Å². The minimum atomic E-state index is -3.32. The van der Waals surface area contributed by atoms with Crippen molar-refractivity contribution in [1.29, 1.82) is 0 Å². The Labute approximate surface area is 104 Å². The predicted molar refractivity (Wildman–Crippen MR) is 68.2 cm³/mol.